The molecule has 1 aromatic carbocycles. The van der Waals surface area contributed by atoms with Crippen molar-refractivity contribution in [2.75, 3.05) is 12.3 Å². The van der Waals surface area contributed by atoms with Crippen LogP contribution in [0, 0.1) is 13.8 Å². The van der Waals surface area contributed by atoms with Gasteiger partial charge in [0.1, 0.15) is 28.8 Å². The predicted molar refractivity (Wildman–Crippen MR) is 85.1 cm³/mol. The number of fused-ring (bicyclic) bond motifs is 2. The maximum Gasteiger partial charge on any atom is 0.143 e. The Balaban J connectivity index is 1.89. The predicted octanol–water partition coefficient (Wildman–Crippen LogP) is 3.41. The maximum atomic E-state index is 6.17. The van der Waals surface area contributed by atoms with Crippen LogP contribution in [0.5, 0.6) is 5.75 Å². The highest BCUT2D eigenvalue weighted by molar-refractivity contribution is 7.18. The van der Waals surface area contributed by atoms with E-state index in [0.29, 0.717) is 12.4 Å². The summed E-state index contributed by atoms with van der Waals surface area (Å²) in [5.41, 5.74) is 8.50. The first-order chi connectivity index (χ1) is 10.1. The van der Waals surface area contributed by atoms with Gasteiger partial charge in [0, 0.05) is 10.4 Å². The van der Waals surface area contributed by atoms with E-state index in [0.717, 1.165) is 27.4 Å². The summed E-state index contributed by atoms with van der Waals surface area (Å²) >= 11 is 1.68. The summed E-state index contributed by atoms with van der Waals surface area (Å²) < 4.78 is 5.73. The third-order valence-electron chi connectivity index (χ3n) is 4.09. The van der Waals surface area contributed by atoms with E-state index in [4.69, 9.17) is 15.5 Å². The molecular weight excluding hydrogens is 282 g/mol. The molecule has 2 N–H and O–H groups in total. The molecule has 3 aromatic rings. The smallest absolute Gasteiger partial charge is 0.143 e. The van der Waals surface area contributed by atoms with Crippen LogP contribution in [0.2, 0.25) is 0 Å². The molecule has 3 heterocycles. The zero-order valence-corrected chi connectivity index (χ0v) is 12.7. The number of nitrogens with zero attached hydrogens (tertiary/aromatic N) is 2. The summed E-state index contributed by atoms with van der Waals surface area (Å²) in [5.74, 6) is 2.31. The van der Waals surface area contributed by atoms with Crippen LogP contribution in [0.3, 0.4) is 0 Å². The minimum absolute atomic E-state index is 0.0654. The van der Waals surface area contributed by atoms with Crippen LogP contribution in [0.4, 0.5) is 5.82 Å². The van der Waals surface area contributed by atoms with Crippen molar-refractivity contribution in [2.45, 2.75) is 19.8 Å². The number of rotatable bonds is 1. The normalized spacial score (nSPS) is 17.0. The lowest BCUT2D eigenvalue weighted by Gasteiger charge is -2.09. The van der Waals surface area contributed by atoms with Gasteiger partial charge in [0.2, 0.25) is 0 Å². The van der Waals surface area contributed by atoms with Gasteiger partial charge in [-0.3, -0.25) is 0 Å². The molecule has 0 saturated heterocycles. The molecule has 106 valence electrons. The van der Waals surface area contributed by atoms with Gasteiger partial charge < -0.3 is 10.5 Å². The van der Waals surface area contributed by atoms with Gasteiger partial charge in [-0.15, -0.1) is 11.3 Å². The third-order valence-corrected chi connectivity index (χ3v) is 5.19. The Bertz CT molecular complexity index is 856. The van der Waals surface area contributed by atoms with Crippen molar-refractivity contribution in [3.63, 3.8) is 0 Å². The number of thiophene rings is 1. The van der Waals surface area contributed by atoms with Crippen molar-refractivity contribution in [3.05, 3.63) is 46.1 Å². The Hall–Kier alpha value is -2.14. The van der Waals surface area contributed by atoms with Crippen LogP contribution in [0.25, 0.3) is 10.2 Å². The second-order valence-corrected chi connectivity index (χ2v) is 6.54. The topological polar surface area (TPSA) is 61.0 Å². The summed E-state index contributed by atoms with van der Waals surface area (Å²) in [6.07, 6.45) is 0. The Morgan fingerprint density at radius 3 is 2.90 bits per heavy atom. The monoisotopic (exact) mass is 297 g/mol. The summed E-state index contributed by atoms with van der Waals surface area (Å²) in [6, 6.07) is 8.05. The number of nitrogen functional groups attached to an aromatic ring is 1. The van der Waals surface area contributed by atoms with Gasteiger partial charge in [0.15, 0.2) is 0 Å². The Morgan fingerprint density at radius 2 is 2.05 bits per heavy atom. The summed E-state index contributed by atoms with van der Waals surface area (Å²) in [6.45, 7) is 4.74. The zero-order valence-electron chi connectivity index (χ0n) is 11.9. The number of ether oxygens (including phenoxy) is 1. The number of benzene rings is 1. The fourth-order valence-electron chi connectivity index (χ4n) is 2.83. The van der Waals surface area contributed by atoms with Gasteiger partial charge in [-0.25, -0.2) is 9.97 Å². The number of anilines is 1. The maximum absolute atomic E-state index is 6.17. The van der Waals surface area contributed by atoms with E-state index in [1.165, 1.54) is 10.4 Å². The van der Waals surface area contributed by atoms with Crippen molar-refractivity contribution in [3.8, 4) is 5.75 Å². The summed E-state index contributed by atoms with van der Waals surface area (Å²) in [5, 5.41) is 0.994. The summed E-state index contributed by atoms with van der Waals surface area (Å²) in [7, 11) is 0. The van der Waals surface area contributed by atoms with Gasteiger partial charge in [-0.1, -0.05) is 18.2 Å². The second kappa shape index (κ2) is 4.43. The molecule has 2 aromatic heterocycles. The molecule has 0 radical (unpaired) electrons. The minimum atomic E-state index is 0.0654. The molecule has 4 nitrogen and oxygen atoms in total. The van der Waals surface area contributed by atoms with Crippen LogP contribution >= 0.6 is 11.3 Å². The van der Waals surface area contributed by atoms with Crippen LogP contribution in [-0.4, -0.2) is 16.6 Å². The molecule has 0 fully saturated rings. The summed E-state index contributed by atoms with van der Waals surface area (Å²) in [4.78, 5) is 11.5. The number of hydrogen-bond acceptors (Lipinski definition) is 5. The van der Waals surface area contributed by atoms with Gasteiger partial charge in [0.05, 0.1) is 11.3 Å². The van der Waals surface area contributed by atoms with Crippen molar-refractivity contribution in [2.24, 2.45) is 0 Å². The number of hydrogen-bond donors (Lipinski definition) is 1. The highest BCUT2D eigenvalue weighted by Crippen LogP contribution is 2.39. The molecule has 0 amide bonds. The van der Waals surface area contributed by atoms with Crippen LogP contribution in [0.15, 0.2) is 24.3 Å². The van der Waals surface area contributed by atoms with Crippen molar-refractivity contribution in [1.82, 2.24) is 9.97 Å². The molecule has 1 aliphatic rings. The minimum Gasteiger partial charge on any atom is -0.492 e. The number of nitrogens with two attached hydrogens (primary N) is 1. The lowest BCUT2D eigenvalue weighted by Crippen LogP contribution is -2.09. The highest BCUT2D eigenvalue weighted by atomic mass is 32.1. The van der Waals surface area contributed by atoms with Crippen LogP contribution in [0.1, 0.15) is 27.7 Å². The van der Waals surface area contributed by atoms with Crippen molar-refractivity contribution < 1.29 is 4.74 Å². The quantitative estimate of drug-likeness (QED) is 0.747. The largest absolute Gasteiger partial charge is 0.492 e. The molecule has 0 saturated carbocycles. The zero-order chi connectivity index (χ0) is 14.6. The van der Waals surface area contributed by atoms with Gasteiger partial charge in [0.25, 0.3) is 0 Å². The average molecular weight is 297 g/mol. The highest BCUT2D eigenvalue weighted by Gasteiger charge is 2.28. The third kappa shape index (κ3) is 1.81. The molecule has 5 heteroatoms. The van der Waals surface area contributed by atoms with Gasteiger partial charge in [-0.2, -0.15) is 0 Å². The molecule has 1 aliphatic heterocycles. The number of para-hydroxylation sites is 1. The van der Waals surface area contributed by atoms with E-state index in [2.05, 4.69) is 24.9 Å². The van der Waals surface area contributed by atoms with Crippen molar-refractivity contribution >= 4 is 27.4 Å². The molecule has 0 aliphatic carbocycles. The first-order valence-electron chi connectivity index (χ1n) is 6.90. The lowest BCUT2D eigenvalue weighted by atomic mass is 10.0. The fourth-order valence-corrected chi connectivity index (χ4v) is 3.87. The second-order valence-electron chi connectivity index (χ2n) is 5.33. The van der Waals surface area contributed by atoms with E-state index in [-0.39, 0.29) is 5.92 Å². The molecular formula is C16H15N3OS. The van der Waals surface area contributed by atoms with Crippen LogP contribution in [-0.2, 0) is 0 Å². The molecule has 1 atom stereocenters. The molecule has 0 spiro atoms. The van der Waals surface area contributed by atoms with E-state index in [1.807, 2.05) is 18.2 Å². The standard InChI is InChI=1S/C16H15N3OS/c1-8-9(2)21-16-13(8)14(17)18-15(19-16)11-7-20-12-6-4-3-5-10(11)12/h3-6,11H,7H2,1-2H3,(H2,17,18,19). The Morgan fingerprint density at radius 1 is 1.24 bits per heavy atom. The van der Waals surface area contributed by atoms with E-state index >= 15 is 0 Å². The van der Waals surface area contributed by atoms with Crippen molar-refractivity contribution in [1.29, 1.82) is 0 Å². The van der Waals surface area contributed by atoms with E-state index in [1.54, 1.807) is 11.3 Å². The Kier molecular flexibility index (Phi) is 2.65. The molecule has 0 bridgehead atoms. The molecule has 4 rings (SSSR count). The fraction of sp³-hybridized carbons (Fsp3) is 0.250. The Labute approximate surface area is 126 Å². The first-order valence-corrected chi connectivity index (χ1v) is 7.71. The van der Waals surface area contributed by atoms with E-state index < -0.39 is 0 Å². The average Bonchev–Trinajstić information content (AvgIpc) is 3.01. The SMILES string of the molecule is Cc1sc2nc(C3COc4ccccc43)nc(N)c2c1C. The van der Waals surface area contributed by atoms with Crippen LogP contribution < -0.4 is 10.5 Å². The van der Waals surface area contributed by atoms with Gasteiger partial charge in [-0.05, 0) is 25.5 Å². The number of aromatic nitrogens is 2. The molecule has 21 heavy (non-hydrogen) atoms. The van der Waals surface area contributed by atoms with Gasteiger partial charge >= 0.3 is 0 Å². The molecule has 1 unspecified atom stereocenters. The number of aryl methyl sites for hydroxylation is 2. The lowest BCUT2D eigenvalue weighted by molar-refractivity contribution is 0.340. The first kappa shape index (κ1) is 12.6. The van der Waals surface area contributed by atoms with E-state index in [9.17, 15) is 0 Å².